The van der Waals surface area contributed by atoms with Crippen molar-refractivity contribution in [2.24, 2.45) is 0 Å². The van der Waals surface area contributed by atoms with Gasteiger partial charge in [-0.05, 0) is 36.6 Å². The number of sulfonamides is 1. The van der Waals surface area contributed by atoms with Crippen molar-refractivity contribution in [3.8, 4) is 0 Å². The molecule has 2 rings (SSSR count). The van der Waals surface area contributed by atoms with E-state index >= 15 is 0 Å². The predicted molar refractivity (Wildman–Crippen MR) is 77.7 cm³/mol. The highest BCUT2D eigenvalue weighted by Gasteiger charge is 2.25. The van der Waals surface area contributed by atoms with E-state index in [1.54, 1.807) is 25.1 Å². The molecule has 0 amide bonds. The monoisotopic (exact) mass is 329 g/mol. The molecule has 0 aliphatic carbocycles. The van der Waals surface area contributed by atoms with Gasteiger partial charge >= 0.3 is 0 Å². The summed E-state index contributed by atoms with van der Waals surface area (Å²) in [6.45, 7) is 3.53. The first-order valence-corrected chi connectivity index (χ1v) is 8.01. The first-order chi connectivity index (χ1) is 10.3. The number of rotatable bonds is 4. The molecule has 22 heavy (non-hydrogen) atoms. The highest BCUT2D eigenvalue weighted by Crippen LogP contribution is 2.26. The van der Waals surface area contributed by atoms with Crippen molar-refractivity contribution >= 4 is 15.7 Å². The average Bonchev–Trinajstić information content (AvgIpc) is 2.46. The van der Waals surface area contributed by atoms with Gasteiger partial charge in [-0.1, -0.05) is 25.1 Å². The molecule has 2 aromatic carbocycles. The van der Waals surface area contributed by atoms with Gasteiger partial charge in [-0.2, -0.15) is 0 Å². The number of para-hydroxylation sites is 1. The average molecular weight is 329 g/mol. The van der Waals surface area contributed by atoms with Crippen LogP contribution in [0.25, 0.3) is 0 Å². The molecule has 7 heteroatoms. The molecule has 3 nitrogen and oxygen atoms in total. The largest absolute Gasteiger partial charge is 0.279 e. The van der Waals surface area contributed by atoms with Crippen LogP contribution >= 0.6 is 0 Å². The second-order valence-corrected chi connectivity index (χ2v) is 6.39. The zero-order chi connectivity index (χ0) is 16.5. The second kappa shape index (κ2) is 6.00. The molecule has 0 heterocycles. The van der Waals surface area contributed by atoms with Gasteiger partial charge in [0, 0.05) is 0 Å². The Balaban J connectivity index is 2.52. The zero-order valence-corrected chi connectivity index (χ0v) is 12.8. The molecule has 0 radical (unpaired) electrons. The van der Waals surface area contributed by atoms with Crippen molar-refractivity contribution in [3.63, 3.8) is 0 Å². The molecule has 118 valence electrons. The fraction of sp³-hybridized carbons (Fsp3) is 0.200. The van der Waals surface area contributed by atoms with Gasteiger partial charge in [0.2, 0.25) is 0 Å². The normalized spacial score (nSPS) is 11.5. The third-order valence-electron chi connectivity index (χ3n) is 3.27. The van der Waals surface area contributed by atoms with E-state index in [1.165, 1.54) is 0 Å². The summed E-state index contributed by atoms with van der Waals surface area (Å²) < 4.78 is 66.7. The standard InChI is InChI=1S/C15H14F3NO2S/c1-3-10-6-4-5-9(2)15(10)19-22(20,21)12-8-7-11(16)13(17)14(12)18/h4-8,19H,3H2,1-2H3. The zero-order valence-electron chi connectivity index (χ0n) is 12.0. The number of hydrogen-bond acceptors (Lipinski definition) is 2. The summed E-state index contributed by atoms with van der Waals surface area (Å²) in [5.74, 6) is -5.00. The maximum absolute atomic E-state index is 13.7. The molecule has 0 aliphatic heterocycles. The number of anilines is 1. The summed E-state index contributed by atoms with van der Waals surface area (Å²) in [5, 5.41) is 0. The fourth-order valence-corrected chi connectivity index (χ4v) is 3.32. The Morgan fingerprint density at radius 3 is 2.36 bits per heavy atom. The summed E-state index contributed by atoms with van der Waals surface area (Å²) in [4.78, 5) is -0.934. The quantitative estimate of drug-likeness (QED) is 0.868. The number of hydrogen-bond donors (Lipinski definition) is 1. The molecule has 0 spiro atoms. The lowest BCUT2D eigenvalue weighted by molar-refractivity contribution is 0.432. The van der Waals surface area contributed by atoms with Crippen LogP contribution in [0.2, 0.25) is 0 Å². The first-order valence-electron chi connectivity index (χ1n) is 6.52. The summed E-state index contributed by atoms with van der Waals surface area (Å²) in [6, 6.07) is 6.46. The molecule has 2 aromatic rings. The molecule has 0 saturated carbocycles. The van der Waals surface area contributed by atoms with Crippen LogP contribution < -0.4 is 4.72 Å². The molecule has 0 atom stereocenters. The molecular formula is C15H14F3NO2S. The van der Waals surface area contributed by atoms with E-state index in [1.807, 2.05) is 6.92 Å². The van der Waals surface area contributed by atoms with E-state index in [0.29, 0.717) is 35.4 Å². The Kier molecular flexibility index (Phi) is 4.46. The maximum Gasteiger partial charge on any atom is 0.264 e. The summed E-state index contributed by atoms with van der Waals surface area (Å²) in [7, 11) is -4.37. The molecule has 1 N–H and O–H groups in total. The van der Waals surface area contributed by atoms with Gasteiger partial charge in [0.15, 0.2) is 17.5 Å². The maximum atomic E-state index is 13.7. The van der Waals surface area contributed by atoms with Crippen LogP contribution in [0.5, 0.6) is 0 Å². The number of benzene rings is 2. The van der Waals surface area contributed by atoms with Gasteiger partial charge in [0.25, 0.3) is 10.0 Å². The van der Waals surface area contributed by atoms with Gasteiger partial charge in [0.05, 0.1) is 5.69 Å². The van der Waals surface area contributed by atoms with Crippen molar-refractivity contribution in [1.82, 2.24) is 0 Å². The van der Waals surface area contributed by atoms with Crippen LogP contribution in [-0.4, -0.2) is 8.42 Å². The molecule has 0 saturated heterocycles. The van der Waals surface area contributed by atoms with E-state index < -0.39 is 32.4 Å². The molecule has 0 fully saturated rings. The smallest absolute Gasteiger partial charge is 0.264 e. The van der Waals surface area contributed by atoms with E-state index in [-0.39, 0.29) is 0 Å². The second-order valence-electron chi connectivity index (χ2n) is 4.74. The Labute approximate surface area is 126 Å². The molecule has 0 unspecified atom stereocenters. The van der Waals surface area contributed by atoms with Crippen molar-refractivity contribution in [3.05, 3.63) is 58.9 Å². The lowest BCUT2D eigenvalue weighted by Gasteiger charge is -2.15. The van der Waals surface area contributed by atoms with Crippen LogP contribution in [0.15, 0.2) is 35.2 Å². The summed E-state index contributed by atoms with van der Waals surface area (Å²) in [5.41, 5.74) is 1.67. The first kappa shape index (κ1) is 16.4. The van der Waals surface area contributed by atoms with E-state index in [2.05, 4.69) is 4.72 Å². The van der Waals surface area contributed by atoms with Crippen LogP contribution in [0.1, 0.15) is 18.1 Å². The van der Waals surface area contributed by atoms with Gasteiger partial charge in [0.1, 0.15) is 4.90 Å². The van der Waals surface area contributed by atoms with E-state index in [9.17, 15) is 21.6 Å². The lowest BCUT2D eigenvalue weighted by Crippen LogP contribution is -2.17. The predicted octanol–water partition coefficient (Wildman–Crippen LogP) is 3.78. The fourth-order valence-electron chi connectivity index (χ4n) is 2.07. The van der Waals surface area contributed by atoms with Gasteiger partial charge in [-0.25, -0.2) is 21.6 Å². The van der Waals surface area contributed by atoms with Crippen LogP contribution in [0.3, 0.4) is 0 Å². The highest BCUT2D eigenvalue weighted by molar-refractivity contribution is 7.92. The van der Waals surface area contributed by atoms with Crippen LogP contribution in [0, 0.1) is 24.4 Å². The summed E-state index contributed by atoms with van der Waals surface area (Å²) in [6.07, 6.45) is 0.555. The van der Waals surface area contributed by atoms with Crippen molar-refractivity contribution in [2.45, 2.75) is 25.2 Å². The Morgan fingerprint density at radius 2 is 1.73 bits per heavy atom. The minimum atomic E-state index is -4.37. The summed E-state index contributed by atoms with van der Waals surface area (Å²) >= 11 is 0. The Hall–Kier alpha value is -2.02. The van der Waals surface area contributed by atoms with Crippen LogP contribution in [-0.2, 0) is 16.4 Å². The highest BCUT2D eigenvalue weighted by atomic mass is 32.2. The number of halogens is 3. The number of aryl methyl sites for hydroxylation is 2. The van der Waals surface area contributed by atoms with Crippen molar-refractivity contribution < 1.29 is 21.6 Å². The SMILES string of the molecule is CCc1cccc(C)c1NS(=O)(=O)c1ccc(F)c(F)c1F. The molecule has 0 aliphatic rings. The third-order valence-corrected chi connectivity index (χ3v) is 4.63. The number of nitrogens with one attached hydrogen (secondary N) is 1. The minimum Gasteiger partial charge on any atom is -0.279 e. The molecular weight excluding hydrogens is 315 g/mol. The van der Waals surface area contributed by atoms with Gasteiger partial charge in [-0.15, -0.1) is 0 Å². The molecule has 0 aromatic heterocycles. The molecule has 0 bridgehead atoms. The third kappa shape index (κ3) is 2.94. The van der Waals surface area contributed by atoms with E-state index in [0.717, 1.165) is 0 Å². The Bertz CT molecular complexity index is 820. The minimum absolute atomic E-state index is 0.314. The van der Waals surface area contributed by atoms with Crippen molar-refractivity contribution in [2.75, 3.05) is 4.72 Å². The van der Waals surface area contributed by atoms with Gasteiger partial charge < -0.3 is 0 Å². The van der Waals surface area contributed by atoms with Crippen molar-refractivity contribution in [1.29, 1.82) is 0 Å². The topological polar surface area (TPSA) is 46.2 Å². The van der Waals surface area contributed by atoms with Gasteiger partial charge in [-0.3, -0.25) is 4.72 Å². The van der Waals surface area contributed by atoms with Crippen LogP contribution in [0.4, 0.5) is 18.9 Å². The lowest BCUT2D eigenvalue weighted by atomic mass is 10.1. The van der Waals surface area contributed by atoms with E-state index in [4.69, 9.17) is 0 Å². The Morgan fingerprint density at radius 1 is 1.05 bits per heavy atom.